The number of ether oxygens (including phenoxy) is 1. The summed E-state index contributed by atoms with van der Waals surface area (Å²) in [5.41, 5.74) is -0.637. The van der Waals surface area contributed by atoms with Crippen molar-refractivity contribution in [1.82, 2.24) is 9.97 Å². The Labute approximate surface area is 218 Å². The maximum atomic E-state index is 13.7. The number of aliphatic carboxylic acids is 1. The van der Waals surface area contributed by atoms with E-state index in [2.05, 4.69) is 14.7 Å². The molecule has 0 unspecified atom stereocenters. The third kappa shape index (κ3) is 7.42. The Morgan fingerprint density at radius 2 is 1.79 bits per heavy atom. The van der Waals surface area contributed by atoms with Gasteiger partial charge in [0.05, 0.1) is 17.9 Å². The Morgan fingerprint density at radius 1 is 1.05 bits per heavy atom. The van der Waals surface area contributed by atoms with Crippen molar-refractivity contribution < 1.29 is 36.2 Å². The third-order valence-corrected chi connectivity index (χ3v) is 6.79. The topological polar surface area (TPSA) is 122 Å². The van der Waals surface area contributed by atoms with E-state index in [-0.39, 0.29) is 28.6 Å². The van der Waals surface area contributed by atoms with Crippen molar-refractivity contribution in [2.75, 3.05) is 36.4 Å². The van der Waals surface area contributed by atoms with E-state index in [0.29, 0.717) is 31.7 Å². The molecule has 3 rings (SSSR count). The fraction of sp³-hybridized carbons (Fsp3) is 0.320. The molecule has 3 aromatic rings. The molecule has 0 amide bonds. The van der Waals surface area contributed by atoms with Crippen LogP contribution in [0.2, 0.25) is 0 Å². The highest BCUT2D eigenvalue weighted by molar-refractivity contribution is 7.92. The van der Waals surface area contributed by atoms with Gasteiger partial charge in [0.15, 0.2) is 5.03 Å². The number of alkyl halides is 3. The zero-order valence-electron chi connectivity index (χ0n) is 20.7. The summed E-state index contributed by atoms with van der Waals surface area (Å²) < 4.78 is 74.7. The summed E-state index contributed by atoms with van der Waals surface area (Å²) in [6.07, 6.45) is -4.48. The fourth-order valence-corrected chi connectivity index (χ4v) is 4.64. The van der Waals surface area contributed by atoms with Crippen molar-refractivity contribution in [1.29, 1.82) is 0 Å². The molecular formula is C25H27F3N4O5S. The highest BCUT2D eigenvalue weighted by Gasteiger charge is 2.35. The molecule has 0 aliphatic rings. The predicted octanol–water partition coefficient (Wildman–Crippen LogP) is 4.59. The number of nitrogens with zero attached hydrogens (tertiary/aromatic N) is 3. The monoisotopic (exact) mass is 552 g/mol. The first-order valence-electron chi connectivity index (χ1n) is 11.5. The number of carboxylic acid groups (broad SMARTS) is 1. The van der Waals surface area contributed by atoms with Crippen molar-refractivity contribution in [3.8, 4) is 11.3 Å². The number of nitrogens with one attached hydrogen (secondary N) is 1. The second-order valence-corrected chi connectivity index (χ2v) is 9.95. The van der Waals surface area contributed by atoms with Crippen LogP contribution in [0.4, 0.5) is 24.8 Å². The maximum absolute atomic E-state index is 13.7. The summed E-state index contributed by atoms with van der Waals surface area (Å²) in [6, 6.07) is 12.4. The Hall–Kier alpha value is -3.71. The molecule has 0 fully saturated rings. The number of sulfonamides is 1. The average Bonchev–Trinajstić information content (AvgIpc) is 2.85. The number of pyridine rings is 2. The van der Waals surface area contributed by atoms with Gasteiger partial charge in [0.1, 0.15) is 11.6 Å². The van der Waals surface area contributed by atoms with Crippen LogP contribution >= 0.6 is 0 Å². The number of hydrogen-bond acceptors (Lipinski definition) is 7. The molecule has 9 nitrogen and oxygen atoms in total. The molecule has 2 aromatic heterocycles. The van der Waals surface area contributed by atoms with Gasteiger partial charge in [-0.1, -0.05) is 30.3 Å². The lowest BCUT2D eigenvalue weighted by atomic mass is 10.0. The van der Waals surface area contributed by atoms with Gasteiger partial charge in [-0.15, -0.1) is 0 Å². The lowest BCUT2D eigenvalue weighted by molar-refractivity contribution is -0.138. The number of benzene rings is 1. The molecule has 1 aromatic carbocycles. The van der Waals surface area contributed by atoms with E-state index < -0.39 is 33.4 Å². The van der Waals surface area contributed by atoms with Crippen LogP contribution in [0.1, 0.15) is 24.0 Å². The van der Waals surface area contributed by atoms with Gasteiger partial charge < -0.3 is 14.7 Å². The molecule has 0 aliphatic heterocycles. The third-order valence-electron chi connectivity index (χ3n) is 5.53. The minimum Gasteiger partial charge on any atom is -0.481 e. The number of rotatable bonds is 12. The molecular weight excluding hydrogens is 525 g/mol. The predicted molar refractivity (Wildman–Crippen MR) is 135 cm³/mol. The van der Waals surface area contributed by atoms with Gasteiger partial charge in [-0.3, -0.25) is 9.52 Å². The first-order valence-corrected chi connectivity index (χ1v) is 13.0. The summed E-state index contributed by atoms with van der Waals surface area (Å²) in [4.78, 5) is 20.8. The summed E-state index contributed by atoms with van der Waals surface area (Å²) in [5, 5.41) is 8.54. The molecule has 0 atom stereocenters. The summed E-state index contributed by atoms with van der Waals surface area (Å²) >= 11 is 0. The van der Waals surface area contributed by atoms with Crippen LogP contribution < -0.4 is 9.62 Å². The molecule has 0 radical (unpaired) electrons. The van der Waals surface area contributed by atoms with E-state index in [1.807, 2.05) is 0 Å². The highest BCUT2D eigenvalue weighted by atomic mass is 32.2. The number of aryl methyl sites for hydroxylation is 1. The van der Waals surface area contributed by atoms with Crippen molar-refractivity contribution in [2.24, 2.45) is 0 Å². The largest absolute Gasteiger partial charge is 0.481 e. The number of carboxylic acids is 1. The molecule has 0 saturated carbocycles. The van der Waals surface area contributed by atoms with E-state index in [0.717, 1.165) is 12.1 Å². The lowest BCUT2D eigenvalue weighted by Crippen LogP contribution is -2.30. The average molecular weight is 553 g/mol. The van der Waals surface area contributed by atoms with Gasteiger partial charge in [0, 0.05) is 32.2 Å². The van der Waals surface area contributed by atoms with Gasteiger partial charge in [0.25, 0.3) is 10.0 Å². The Balaban J connectivity index is 1.94. The quantitative estimate of drug-likeness (QED) is 0.335. The molecule has 0 bridgehead atoms. The lowest BCUT2D eigenvalue weighted by Gasteiger charge is -2.23. The highest BCUT2D eigenvalue weighted by Crippen LogP contribution is 2.38. The minimum absolute atomic E-state index is 0.0775. The summed E-state index contributed by atoms with van der Waals surface area (Å²) in [6.45, 7) is 2.55. The van der Waals surface area contributed by atoms with Crippen molar-refractivity contribution in [3.05, 3.63) is 65.7 Å². The maximum Gasteiger partial charge on any atom is 0.418 e. The fourth-order valence-electron chi connectivity index (χ4n) is 3.67. The first kappa shape index (κ1) is 28.9. The smallest absolute Gasteiger partial charge is 0.418 e. The van der Waals surface area contributed by atoms with E-state index in [4.69, 9.17) is 9.84 Å². The molecule has 0 saturated heterocycles. The standard InChI is InChI=1S/C25H27F3N4O5S/c1-17-7-3-4-8-18(17)24-19(25(26,27)28)12-13-20(29-24)31-38(35,36)22-10-5-9-21(30-22)32(15-16-37-2)14-6-11-23(33)34/h3-5,7-10,12-13H,6,11,14-16H2,1-2H3,(H,29,31)(H,33,34). The normalized spacial score (nSPS) is 11.8. The molecule has 204 valence electrons. The zero-order valence-corrected chi connectivity index (χ0v) is 21.5. The van der Waals surface area contributed by atoms with Crippen LogP contribution in [0.5, 0.6) is 0 Å². The molecule has 2 heterocycles. The van der Waals surface area contributed by atoms with Crippen LogP contribution in [0.15, 0.2) is 59.6 Å². The molecule has 2 N–H and O–H groups in total. The van der Waals surface area contributed by atoms with Crippen molar-refractivity contribution in [3.63, 3.8) is 0 Å². The molecule has 0 aliphatic carbocycles. The molecule has 13 heteroatoms. The van der Waals surface area contributed by atoms with Crippen LogP contribution in [-0.2, 0) is 25.7 Å². The minimum atomic E-state index is -4.70. The van der Waals surface area contributed by atoms with Crippen LogP contribution in [-0.4, -0.2) is 56.3 Å². The van der Waals surface area contributed by atoms with Gasteiger partial charge >= 0.3 is 12.1 Å². The number of halogens is 3. The molecule has 38 heavy (non-hydrogen) atoms. The summed E-state index contributed by atoms with van der Waals surface area (Å²) in [7, 11) is -2.84. The zero-order chi connectivity index (χ0) is 27.9. The first-order chi connectivity index (χ1) is 17.9. The summed E-state index contributed by atoms with van der Waals surface area (Å²) in [5.74, 6) is -0.989. The van der Waals surface area contributed by atoms with Crippen molar-refractivity contribution >= 4 is 27.6 Å². The molecule has 0 spiro atoms. The number of carbonyl (C=O) groups is 1. The number of aromatic nitrogens is 2. The number of hydrogen-bond donors (Lipinski definition) is 2. The van der Waals surface area contributed by atoms with E-state index in [1.54, 1.807) is 36.1 Å². The second-order valence-electron chi connectivity index (χ2n) is 8.32. The van der Waals surface area contributed by atoms with Gasteiger partial charge in [-0.25, -0.2) is 9.97 Å². The second kappa shape index (κ2) is 12.2. The van der Waals surface area contributed by atoms with E-state index in [1.165, 1.54) is 25.3 Å². The van der Waals surface area contributed by atoms with Crippen molar-refractivity contribution in [2.45, 2.75) is 31.0 Å². The van der Waals surface area contributed by atoms with Crippen LogP contribution in [0.25, 0.3) is 11.3 Å². The Kier molecular flexibility index (Phi) is 9.28. The Bertz CT molecular complexity index is 1380. The van der Waals surface area contributed by atoms with Gasteiger partial charge in [-0.05, 0) is 43.2 Å². The van der Waals surface area contributed by atoms with Gasteiger partial charge in [0.2, 0.25) is 0 Å². The Morgan fingerprint density at radius 3 is 2.45 bits per heavy atom. The van der Waals surface area contributed by atoms with Crippen LogP contribution in [0, 0.1) is 6.92 Å². The SMILES string of the molecule is COCCN(CCCC(=O)O)c1cccc(S(=O)(=O)Nc2ccc(C(F)(F)F)c(-c3ccccc3C)n2)n1. The number of anilines is 2. The number of methoxy groups -OCH3 is 1. The van der Waals surface area contributed by atoms with Crippen LogP contribution in [0.3, 0.4) is 0 Å². The van der Waals surface area contributed by atoms with E-state index >= 15 is 0 Å². The van der Waals surface area contributed by atoms with Gasteiger partial charge in [-0.2, -0.15) is 21.6 Å². The van der Waals surface area contributed by atoms with E-state index in [9.17, 15) is 26.4 Å².